The summed E-state index contributed by atoms with van der Waals surface area (Å²) in [5.74, 6) is -1.12. The molecule has 46 heavy (non-hydrogen) atoms. The Labute approximate surface area is 279 Å². The molecule has 2 heterocycles. The third kappa shape index (κ3) is 7.43. The Morgan fingerprint density at radius 1 is 1.00 bits per heavy atom. The molecule has 3 aromatic rings. The minimum Gasteiger partial charge on any atom is -0.395 e. The Morgan fingerprint density at radius 2 is 1.76 bits per heavy atom. The van der Waals surface area contributed by atoms with Crippen LogP contribution in [0.4, 0.5) is 11.4 Å². The average molecular weight is 689 g/mol. The van der Waals surface area contributed by atoms with Crippen LogP contribution in [0.15, 0.2) is 89.4 Å². The van der Waals surface area contributed by atoms with Crippen LogP contribution in [0.25, 0.3) is 0 Å². The van der Waals surface area contributed by atoms with Crippen molar-refractivity contribution in [3.63, 3.8) is 0 Å². The van der Waals surface area contributed by atoms with E-state index in [9.17, 15) is 24.6 Å². The zero-order valence-electron chi connectivity index (χ0n) is 26.3. The molecule has 0 unspecified atom stereocenters. The first-order valence-corrected chi connectivity index (χ1v) is 16.8. The molecular weight excluding hydrogens is 646 g/mol. The minimum atomic E-state index is -1.84. The van der Waals surface area contributed by atoms with E-state index < -0.39 is 17.4 Å². The molecule has 3 amide bonds. The summed E-state index contributed by atoms with van der Waals surface area (Å²) in [7, 11) is 0. The van der Waals surface area contributed by atoms with Gasteiger partial charge in [-0.25, -0.2) is 0 Å². The van der Waals surface area contributed by atoms with Gasteiger partial charge in [0.15, 0.2) is 5.60 Å². The largest absolute Gasteiger partial charge is 0.395 e. The van der Waals surface area contributed by atoms with Gasteiger partial charge in [0.1, 0.15) is 0 Å². The predicted octanol–water partition coefficient (Wildman–Crippen LogP) is 6.08. The maximum Gasteiger partial charge on any atom is 0.264 e. The Morgan fingerprint density at radius 3 is 2.54 bits per heavy atom. The number of carbonyl (C=O) groups is 3. The Bertz CT molecular complexity index is 1580. The van der Waals surface area contributed by atoms with E-state index in [2.05, 4.69) is 15.9 Å². The highest BCUT2D eigenvalue weighted by Gasteiger charge is 2.52. The van der Waals surface area contributed by atoms with Gasteiger partial charge in [0.05, 0.1) is 18.8 Å². The molecule has 2 aliphatic rings. The second-order valence-electron chi connectivity index (χ2n) is 12.1. The molecule has 242 valence electrons. The number of aliphatic hydroxyl groups is 2. The number of amides is 3. The van der Waals surface area contributed by atoms with Crippen LogP contribution in [0.5, 0.6) is 0 Å². The van der Waals surface area contributed by atoms with Gasteiger partial charge in [-0.15, -0.1) is 0 Å². The molecule has 0 aliphatic carbocycles. The van der Waals surface area contributed by atoms with Gasteiger partial charge in [0, 0.05) is 54.1 Å². The van der Waals surface area contributed by atoms with Crippen LogP contribution in [-0.4, -0.2) is 52.5 Å². The minimum absolute atomic E-state index is 0.0680. The van der Waals surface area contributed by atoms with Crippen molar-refractivity contribution < 1.29 is 24.6 Å². The van der Waals surface area contributed by atoms with Crippen LogP contribution in [-0.2, 0) is 33.1 Å². The van der Waals surface area contributed by atoms with Crippen molar-refractivity contribution in [1.29, 1.82) is 0 Å². The lowest BCUT2D eigenvalue weighted by Gasteiger charge is -2.28. The van der Waals surface area contributed by atoms with Gasteiger partial charge < -0.3 is 24.9 Å². The monoisotopic (exact) mass is 687 g/mol. The maximum absolute atomic E-state index is 14.1. The quantitative estimate of drug-likeness (QED) is 0.238. The zero-order chi connectivity index (χ0) is 32.7. The molecule has 2 aliphatic heterocycles. The van der Waals surface area contributed by atoms with E-state index in [0.29, 0.717) is 30.8 Å². The summed E-state index contributed by atoms with van der Waals surface area (Å²) in [6, 6.07) is 22.8. The summed E-state index contributed by atoms with van der Waals surface area (Å²) in [6.07, 6.45) is 8.06. The van der Waals surface area contributed by atoms with E-state index in [0.717, 1.165) is 47.0 Å². The maximum atomic E-state index is 14.1. The molecule has 0 aromatic heterocycles. The number of rotatable bonds is 11. The van der Waals surface area contributed by atoms with Crippen molar-refractivity contribution in [2.24, 2.45) is 5.92 Å². The normalized spacial score (nSPS) is 19.2. The Kier molecular flexibility index (Phi) is 11.1. The summed E-state index contributed by atoms with van der Waals surface area (Å²) in [5.41, 5.74) is 1.92. The van der Waals surface area contributed by atoms with E-state index in [1.165, 1.54) is 0 Å². The van der Waals surface area contributed by atoms with E-state index in [1.54, 1.807) is 34.9 Å². The van der Waals surface area contributed by atoms with Crippen molar-refractivity contribution in [2.45, 2.75) is 64.1 Å². The smallest absolute Gasteiger partial charge is 0.264 e. The van der Waals surface area contributed by atoms with Crippen LogP contribution < -0.4 is 9.80 Å². The Hall–Kier alpha value is -3.79. The average Bonchev–Trinajstić information content (AvgIpc) is 3.25. The van der Waals surface area contributed by atoms with Crippen molar-refractivity contribution in [3.05, 3.63) is 106 Å². The number of carbonyl (C=O) groups excluding carboxylic acids is 3. The van der Waals surface area contributed by atoms with Crippen molar-refractivity contribution >= 4 is 45.0 Å². The van der Waals surface area contributed by atoms with E-state index in [-0.39, 0.29) is 37.9 Å². The molecular formula is C37H42BrN3O5. The molecule has 0 spiro atoms. The standard InChI is InChI=1S/C37H42BrN3O5/c1-27(11-9-17-34(43)39(21-22-42)25-28-12-5-4-6-13-28)37(46)32-24-30(38)18-19-33(32)41(36(37)45)26-29-14-10-15-31(23-29)40-20-8-3-2-7-16-35(40)44/h4-6,9-15,18-19,23-24,27,42,46H,2-3,7-8,16-17,20-22,25-26H2,1H3/b11-9+/t27-,37+/m1/s1. The fourth-order valence-electron chi connectivity index (χ4n) is 6.37. The number of halogens is 1. The van der Waals surface area contributed by atoms with E-state index >= 15 is 0 Å². The van der Waals surface area contributed by atoms with Gasteiger partial charge >= 0.3 is 0 Å². The fourth-order valence-corrected chi connectivity index (χ4v) is 6.73. The highest BCUT2D eigenvalue weighted by atomic mass is 79.9. The molecule has 5 rings (SSSR count). The number of benzene rings is 3. The lowest BCUT2D eigenvalue weighted by atomic mass is 9.83. The van der Waals surface area contributed by atoms with Crippen molar-refractivity contribution in [2.75, 3.05) is 29.5 Å². The van der Waals surface area contributed by atoms with Crippen LogP contribution in [0.1, 0.15) is 62.1 Å². The number of nitrogens with zero attached hydrogens (tertiary/aromatic N) is 3. The molecule has 2 atom stereocenters. The molecule has 0 saturated carbocycles. The van der Waals surface area contributed by atoms with Crippen LogP contribution in [0.2, 0.25) is 0 Å². The number of anilines is 2. The molecule has 8 nitrogen and oxygen atoms in total. The first kappa shape index (κ1) is 33.6. The SMILES string of the molecule is C[C@H](/C=C/CC(=O)N(CCO)Cc1ccccc1)[C@@]1(O)C(=O)N(Cc2cccc(N3CCCCCCC3=O)c2)c2ccc(Br)cc21. The number of aliphatic hydroxyl groups excluding tert-OH is 1. The van der Waals surface area contributed by atoms with Crippen LogP contribution in [0, 0.1) is 5.92 Å². The van der Waals surface area contributed by atoms with Crippen molar-refractivity contribution in [1.82, 2.24) is 4.90 Å². The first-order valence-electron chi connectivity index (χ1n) is 16.0. The zero-order valence-corrected chi connectivity index (χ0v) is 27.9. The fraction of sp³-hybridized carbons (Fsp3) is 0.378. The van der Waals surface area contributed by atoms with Crippen molar-refractivity contribution in [3.8, 4) is 0 Å². The van der Waals surface area contributed by atoms with Crippen LogP contribution in [0.3, 0.4) is 0 Å². The highest BCUT2D eigenvalue weighted by Crippen LogP contribution is 2.47. The second-order valence-corrected chi connectivity index (χ2v) is 13.1. The molecule has 3 aromatic carbocycles. The third-order valence-corrected chi connectivity index (χ3v) is 9.43. The van der Waals surface area contributed by atoms with E-state index in [1.807, 2.05) is 71.6 Å². The molecule has 2 N–H and O–H groups in total. The third-order valence-electron chi connectivity index (χ3n) is 8.93. The summed E-state index contributed by atoms with van der Waals surface area (Å²) in [5, 5.41) is 21.6. The highest BCUT2D eigenvalue weighted by molar-refractivity contribution is 9.10. The van der Waals surface area contributed by atoms with Gasteiger partial charge in [0.25, 0.3) is 5.91 Å². The molecule has 1 fully saturated rings. The van der Waals surface area contributed by atoms with Crippen LogP contribution >= 0.6 is 15.9 Å². The van der Waals surface area contributed by atoms with Gasteiger partial charge in [-0.2, -0.15) is 0 Å². The molecule has 9 heteroatoms. The second kappa shape index (κ2) is 15.2. The number of hydrogen-bond acceptors (Lipinski definition) is 5. The summed E-state index contributed by atoms with van der Waals surface area (Å²) < 4.78 is 0.740. The number of fused-ring (bicyclic) bond motifs is 1. The Balaban J connectivity index is 1.34. The molecule has 0 radical (unpaired) electrons. The summed E-state index contributed by atoms with van der Waals surface area (Å²) in [4.78, 5) is 45.1. The summed E-state index contributed by atoms with van der Waals surface area (Å²) >= 11 is 3.51. The summed E-state index contributed by atoms with van der Waals surface area (Å²) in [6.45, 7) is 3.13. The number of hydrogen-bond donors (Lipinski definition) is 2. The lowest BCUT2D eigenvalue weighted by molar-refractivity contribution is -0.139. The van der Waals surface area contributed by atoms with Gasteiger partial charge in [-0.05, 0) is 54.3 Å². The topological polar surface area (TPSA) is 101 Å². The van der Waals surface area contributed by atoms with Gasteiger partial charge in [-0.1, -0.05) is 90.3 Å². The first-order chi connectivity index (χ1) is 22.2. The predicted molar refractivity (Wildman–Crippen MR) is 183 cm³/mol. The molecule has 1 saturated heterocycles. The lowest BCUT2D eigenvalue weighted by Crippen LogP contribution is -2.44. The van der Waals surface area contributed by atoms with E-state index in [4.69, 9.17) is 0 Å². The van der Waals surface area contributed by atoms with Gasteiger partial charge in [-0.3, -0.25) is 14.4 Å². The van der Waals surface area contributed by atoms with Gasteiger partial charge in [0.2, 0.25) is 11.8 Å². The molecule has 0 bridgehead atoms.